The van der Waals surface area contributed by atoms with E-state index in [0.29, 0.717) is 66.6 Å². The summed E-state index contributed by atoms with van der Waals surface area (Å²) in [4.78, 5) is 42.8. The van der Waals surface area contributed by atoms with Crippen LogP contribution in [-0.4, -0.2) is 79.9 Å². The van der Waals surface area contributed by atoms with Crippen LogP contribution in [0.1, 0.15) is 223 Å². The van der Waals surface area contributed by atoms with Crippen LogP contribution in [0.3, 0.4) is 0 Å². The molecular formula is C62H94O11. The Labute approximate surface area is 438 Å². The third-order valence-corrected chi connectivity index (χ3v) is 17.9. The number of aliphatic hydroxyl groups excluding tert-OH is 2. The maximum atomic E-state index is 11.6. The van der Waals surface area contributed by atoms with Crippen LogP contribution in [-0.2, 0) is 33.4 Å². The van der Waals surface area contributed by atoms with Crippen LogP contribution in [0.25, 0.3) is 0 Å². The van der Waals surface area contributed by atoms with Crippen LogP contribution in [0.5, 0.6) is 0 Å². The molecule has 0 spiro atoms. The van der Waals surface area contributed by atoms with Crippen LogP contribution in [0, 0.1) is 33.5 Å². The van der Waals surface area contributed by atoms with Crippen molar-refractivity contribution in [2.75, 3.05) is 0 Å². The number of hydrogen-bond acceptors (Lipinski definition) is 11. The lowest BCUT2D eigenvalue weighted by Gasteiger charge is -2.43. The first-order valence-corrected chi connectivity index (χ1v) is 28.2. The van der Waals surface area contributed by atoms with Crippen molar-refractivity contribution in [1.29, 1.82) is 0 Å². The number of carbonyl (C=O) groups is 4. The maximum Gasteiger partial charge on any atom is 0.310 e. The van der Waals surface area contributed by atoms with E-state index in [9.17, 15) is 39.6 Å². The Hall–Kier alpha value is -3.64. The van der Waals surface area contributed by atoms with Gasteiger partial charge in [-0.25, -0.2) is 0 Å². The molecule has 8 atom stereocenters. The van der Waals surface area contributed by atoms with Gasteiger partial charge in [-0.05, 0) is 196 Å². The minimum Gasteiger partial charge on any atom is -0.462 e. The Morgan fingerprint density at radius 1 is 0.575 bits per heavy atom. The molecule has 0 amide bonds. The summed E-state index contributed by atoms with van der Waals surface area (Å²) in [5.41, 5.74) is 9.10. The summed E-state index contributed by atoms with van der Waals surface area (Å²) in [5.74, 6) is -0.527. The highest BCUT2D eigenvalue weighted by Crippen LogP contribution is 2.69. The summed E-state index contributed by atoms with van der Waals surface area (Å²) in [7, 11) is 0. The number of esters is 4. The molecule has 4 N–H and O–H groups in total. The van der Waals surface area contributed by atoms with E-state index >= 15 is 0 Å². The highest BCUT2D eigenvalue weighted by Gasteiger charge is 2.58. The molecule has 6 fully saturated rings. The van der Waals surface area contributed by atoms with Gasteiger partial charge in [0, 0.05) is 47.0 Å². The molecule has 0 heterocycles. The van der Waals surface area contributed by atoms with Crippen molar-refractivity contribution in [1.82, 2.24) is 0 Å². The topological polar surface area (TPSA) is 177 Å². The molecule has 0 radical (unpaired) electrons. The Morgan fingerprint density at radius 2 is 0.959 bits per heavy atom. The first-order chi connectivity index (χ1) is 34.1. The molecular weight excluding hydrogens is 921 g/mol. The van der Waals surface area contributed by atoms with E-state index in [1.807, 2.05) is 27.7 Å². The van der Waals surface area contributed by atoms with Crippen molar-refractivity contribution in [3.05, 3.63) is 69.9 Å². The number of fused-ring (bicyclic) bond motifs is 2. The average Bonchev–Trinajstić information content (AvgIpc) is 4.15. The van der Waals surface area contributed by atoms with E-state index in [1.165, 1.54) is 121 Å². The standard InChI is InChI=1S/C31H46O5.C27H42O3.C4H6O3/c1-21(32)35-25-18-23(19-26(20-25)36-22(2)33)9-10-24-8-6-14-30(5)27(24)11-12-28(30)31(16-17-31)15-7-13-29(3,4)34;1-25(2,30)11-5-13-27(14-15-27)24-10-9-23-20(6-4-12-26(23,24)3)8-7-19-16-21(28)18-22(29)17-19;1-3(5)7-4(2)6/h9-10,12,25-27,34H,6-8,11,13-20H2,1-5H3;7-8,10,21-23,28-30H,4-6,9,11-18H2,1-3H3;1-2H3/b23-9?,24-10+;19-7?,20-8+;/t25-,26?,27?,30+;21-,22?,23?,26+;/m11./s1. The fourth-order valence-electron chi connectivity index (χ4n) is 14.5. The van der Waals surface area contributed by atoms with Crippen LogP contribution in [0.4, 0.5) is 0 Å². The second kappa shape index (κ2) is 24.1. The number of hydrogen-bond donors (Lipinski definition) is 4. The lowest BCUT2D eigenvalue weighted by atomic mass is 9.61. The smallest absolute Gasteiger partial charge is 0.310 e. The van der Waals surface area contributed by atoms with Crippen molar-refractivity contribution in [2.24, 2.45) is 33.5 Å². The Kier molecular flexibility index (Phi) is 19.4. The monoisotopic (exact) mass is 1010 g/mol. The summed E-state index contributed by atoms with van der Waals surface area (Å²) in [6, 6.07) is 0. The van der Waals surface area contributed by atoms with Gasteiger partial charge in [0.2, 0.25) is 0 Å². The summed E-state index contributed by atoms with van der Waals surface area (Å²) < 4.78 is 15.0. The first kappa shape index (κ1) is 58.6. The largest absolute Gasteiger partial charge is 0.462 e. The molecule has 0 aliphatic heterocycles. The third kappa shape index (κ3) is 16.2. The quantitative estimate of drug-likeness (QED) is 0.0564. The molecule has 8 aliphatic carbocycles. The number of carbonyl (C=O) groups excluding carboxylic acids is 4. The zero-order valence-electron chi connectivity index (χ0n) is 46.5. The lowest BCUT2D eigenvalue weighted by Crippen LogP contribution is -2.33. The highest BCUT2D eigenvalue weighted by molar-refractivity contribution is 5.82. The Bertz CT molecular complexity index is 2130. The number of ether oxygens (including phenoxy) is 3. The van der Waals surface area contributed by atoms with Gasteiger partial charge in [-0.2, -0.15) is 0 Å². The van der Waals surface area contributed by atoms with E-state index < -0.39 is 35.3 Å². The van der Waals surface area contributed by atoms with Crippen LogP contribution in [0.15, 0.2) is 69.9 Å². The van der Waals surface area contributed by atoms with Gasteiger partial charge in [-0.15, -0.1) is 0 Å². The number of allylic oxidation sites excluding steroid dienone is 10. The van der Waals surface area contributed by atoms with Gasteiger partial charge >= 0.3 is 23.9 Å². The zero-order chi connectivity index (χ0) is 53.6. The maximum absolute atomic E-state index is 11.6. The van der Waals surface area contributed by atoms with E-state index in [0.717, 1.165) is 38.5 Å². The molecule has 6 saturated carbocycles. The second-order valence-electron chi connectivity index (χ2n) is 25.5. The predicted molar refractivity (Wildman–Crippen MR) is 286 cm³/mol. The van der Waals surface area contributed by atoms with Crippen LogP contribution in [0.2, 0.25) is 0 Å². The Balaban J connectivity index is 0.000000213. The number of rotatable bonds is 14. The molecule has 0 bridgehead atoms. The summed E-state index contributed by atoms with van der Waals surface area (Å²) in [5, 5.41) is 40.3. The molecule has 8 aliphatic rings. The third-order valence-electron chi connectivity index (χ3n) is 17.9. The molecule has 0 aromatic heterocycles. The van der Waals surface area contributed by atoms with Gasteiger partial charge in [0.1, 0.15) is 12.2 Å². The molecule has 4 unspecified atom stereocenters. The summed E-state index contributed by atoms with van der Waals surface area (Å²) in [6.07, 6.45) is 38.2. The predicted octanol–water partition coefficient (Wildman–Crippen LogP) is 12.4. The van der Waals surface area contributed by atoms with E-state index in [1.54, 1.807) is 16.7 Å². The van der Waals surface area contributed by atoms with Crippen LogP contribution >= 0.6 is 0 Å². The van der Waals surface area contributed by atoms with Crippen molar-refractivity contribution in [3.8, 4) is 0 Å². The van der Waals surface area contributed by atoms with Crippen molar-refractivity contribution in [3.63, 3.8) is 0 Å². The van der Waals surface area contributed by atoms with E-state index in [2.05, 4.69) is 55.0 Å². The molecule has 408 valence electrons. The van der Waals surface area contributed by atoms with Crippen molar-refractivity contribution >= 4 is 23.9 Å². The molecule has 73 heavy (non-hydrogen) atoms. The molecule has 11 nitrogen and oxygen atoms in total. The van der Waals surface area contributed by atoms with Crippen LogP contribution < -0.4 is 0 Å². The van der Waals surface area contributed by atoms with Gasteiger partial charge < -0.3 is 34.6 Å². The molecule has 8 rings (SSSR count). The zero-order valence-corrected chi connectivity index (χ0v) is 46.5. The van der Waals surface area contributed by atoms with Crippen molar-refractivity contribution in [2.45, 2.75) is 259 Å². The lowest BCUT2D eigenvalue weighted by molar-refractivity contribution is -0.157. The van der Waals surface area contributed by atoms with Gasteiger partial charge in [0.15, 0.2) is 0 Å². The minimum atomic E-state index is -0.580. The normalized spacial score (nSPS) is 33.2. The fraction of sp³-hybridized carbons (Fsp3) is 0.742. The summed E-state index contributed by atoms with van der Waals surface area (Å²) in [6.45, 7) is 17.9. The molecule has 0 aromatic carbocycles. The summed E-state index contributed by atoms with van der Waals surface area (Å²) >= 11 is 0. The Morgan fingerprint density at radius 3 is 1.29 bits per heavy atom. The average molecular weight is 1020 g/mol. The molecule has 11 heteroatoms. The fourth-order valence-corrected chi connectivity index (χ4v) is 14.5. The molecule has 0 aromatic rings. The van der Waals surface area contributed by atoms with Gasteiger partial charge in [-0.1, -0.05) is 83.7 Å². The van der Waals surface area contributed by atoms with Gasteiger partial charge in [0.25, 0.3) is 0 Å². The van der Waals surface area contributed by atoms with E-state index in [4.69, 9.17) is 9.47 Å². The first-order valence-electron chi connectivity index (χ1n) is 28.2. The second-order valence-corrected chi connectivity index (χ2v) is 25.5. The number of aliphatic hydroxyl groups is 4. The van der Waals surface area contributed by atoms with Crippen molar-refractivity contribution < 1.29 is 53.8 Å². The highest BCUT2D eigenvalue weighted by atomic mass is 16.6. The SMILES string of the molecule is CC(=O)OC(C)=O.CC(=O)OC1CC(=C/C=C2\CCC[C@]3(C)C(C4(CCCC(C)(C)O)CC4)=CCC23)C[C@@H](OC(C)=O)C1.CC(C)(O)CCCC1(C2=CCC3/C(=C/C=C4CC(O)C[C@H](O)C4)CCC[C@]23C)CC1. The molecule has 0 saturated heterocycles. The van der Waals surface area contributed by atoms with Gasteiger partial charge in [-0.3, -0.25) is 19.2 Å². The van der Waals surface area contributed by atoms with Gasteiger partial charge in [0.05, 0.1) is 23.4 Å². The van der Waals surface area contributed by atoms with E-state index in [-0.39, 0.29) is 29.6 Å². The minimum absolute atomic E-state index is 0.236.